The van der Waals surface area contributed by atoms with Crippen molar-refractivity contribution >= 4 is 123 Å². The fourth-order valence-electron chi connectivity index (χ4n) is 14.8. The van der Waals surface area contributed by atoms with Crippen LogP contribution in [-0.2, 0) is 0 Å². The average molecular weight is 1200 g/mol. The second-order valence-corrected chi connectivity index (χ2v) is 24.6. The SMILES string of the molecule is C1=CC(N(c2ccccc2)c2ccc(-c3c4c(c(-c5ccc(N(c6ccccc6)c6ccccc6)cc5)c5ccc(N(c6ccccc6)c6cc7ccccc7c7ccccc67)cc35)=CC(N(c3ccccc3)c3cc5ccccc5c5ccccc35)CC=4)cc2)=CCC1. The van der Waals surface area contributed by atoms with E-state index in [1.165, 1.54) is 86.8 Å². The molecule has 2 aliphatic rings. The van der Waals surface area contributed by atoms with Gasteiger partial charge in [-0.15, -0.1) is 0 Å². The van der Waals surface area contributed by atoms with Crippen LogP contribution in [0.15, 0.2) is 352 Å². The molecule has 0 spiro atoms. The van der Waals surface area contributed by atoms with Crippen molar-refractivity contribution in [1.82, 2.24) is 0 Å². The molecule has 0 aliphatic heterocycles. The topological polar surface area (TPSA) is 13.0 Å². The van der Waals surface area contributed by atoms with Crippen molar-refractivity contribution in [1.29, 1.82) is 0 Å². The van der Waals surface area contributed by atoms with Gasteiger partial charge >= 0.3 is 0 Å². The van der Waals surface area contributed by atoms with Gasteiger partial charge in [-0.3, -0.25) is 0 Å². The Morgan fingerprint density at radius 3 is 1.21 bits per heavy atom. The standard InChI is InChI=1S/C90H66N4/c1-7-29-67(30-8-1)91(68-31-9-2-10-32-68)73-51-47-63(48-52-73)89-83-57-55-76(94(72-39-17-6-18-40-72)88-60-66-28-20-22-42-78(66)80-44-24-26-46-82(80)88)62-86(83)90(64-49-53-74(54-50-64)92(69-33-11-3-12-34-69)70-35-13-4-14-36-70)84-58-56-75(61-85(84)89)93(71-37-15-5-16-38-71)87-59-65-27-19-21-41-77(65)79-43-23-25-45-81(79)87/h1-3,5-13,15-55,57-62,75H,4,14,56H2. The number of rotatable bonds is 14. The van der Waals surface area contributed by atoms with Crippen LogP contribution in [0.5, 0.6) is 0 Å². The predicted octanol–water partition coefficient (Wildman–Crippen LogP) is 23.3. The largest absolute Gasteiger partial charge is 0.334 e. The summed E-state index contributed by atoms with van der Waals surface area (Å²) < 4.78 is 0. The summed E-state index contributed by atoms with van der Waals surface area (Å²) in [5.41, 5.74) is 17.0. The maximum absolute atomic E-state index is 2.61. The van der Waals surface area contributed by atoms with Crippen LogP contribution in [0.25, 0.3) is 88.3 Å². The molecule has 446 valence electrons. The quantitative estimate of drug-likeness (QED) is 0.101. The van der Waals surface area contributed by atoms with Crippen LogP contribution in [0.4, 0.5) is 56.9 Å². The minimum absolute atomic E-state index is 0.0814. The van der Waals surface area contributed by atoms with Crippen molar-refractivity contribution in [3.63, 3.8) is 0 Å². The highest BCUT2D eigenvalue weighted by Gasteiger charge is 2.28. The van der Waals surface area contributed by atoms with E-state index in [0.29, 0.717) is 0 Å². The summed E-state index contributed by atoms with van der Waals surface area (Å²) >= 11 is 0. The second kappa shape index (κ2) is 24.3. The van der Waals surface area contributed by atoms with Gasteiger partial charge in [-0.2, -0.15) is 0 Å². The zero-order valence-electron chi connectivity index (χ0n) is 52.1. The van der Waals surface area contributed by atoms with Crippen LogP contribution in [0.1, 0.15) is 19.3 Å². The Labute approximate surface area is 548 Å². The minimum Gasteiger partial charge on any atom is -0.334 e. The van der Waals surface area contributed by atoms with Crippen molar-refractivity contribution in [2.24, 2.45) is 0 Å². The first-order valence-electron chi connectivity index (χ1n) is 32.8. The van der Waals surface area contributed by atoms with E-state index >= 15 is 0 Å². The zero-order valence-corrected chi connectivity index (χ0v) is 52.1. The summed E-state index contributed by atoms with van der Waals surface area (Å²) in [5.74, 6) is 0. The molecule has 0 heterocycles. The normalized spacial score (nSPS) is 13.5. The van der Waals surface area contributed by atoms with Crippen molar-refractivity contribution in [2.75, 3.05) is 19.6 Å². The molecule has 15 aromatic rings. The lowest BCUT2D eigenvalue weighted by Crippen LogP contribution is -2.40. The summed E-state index contributed by atoms with van der Waals surface area (Å²) in [4.78, 5) is 9.85. The van der Waals surface area contributed by atoms with Gasteiger partial charge in [0.25, 0.3) is 0 Å². The van der Waals surface area contributed by atoms with E-state index in [2.05, 4.69) is 378 Å². The molecule has 1 unspecified atom stereocenters. The van der Waals surface area contributed by atoms with Gasteiger partial charge in [-0.05, 0) is 210 Å². The van der Waals surface area contributed by atoms with E-state index in [0.717, 1.165) is 81.6 Å². The smallest absolute Gasteiger partial charge is 0.0566 e. The van der Waals surface area contributed by atoms with Crippen LogP contribution in [0.2, 0.25) is 0 Å². The Morgan fingerprint density at radius 2 is 0.681 bits per heavy atom. The lowest BCUT2D eigenvalue weighted by atomic mass is 9.84. The van der Waals surface area contributed by atoms with E-state index < -0.39 is 0 Å². The third-order valence-electron chi connectivity index (χ3n) is 19.0. The van der Waals surface area contributed by atoms with E-state index in [9.17, 15) is 0 Å². The van der Waals surface area contributed by atoms with E-state index in [1.807, 2.05) is 0 Å². The molecule has 1 atom stereocenters. The Kier molecular flexibility index (Phi) is 14.5. The van der Waals surface area contributed by atoms with E-state index in [-0.39, 0.29) is 6.04 Å². The highest BCUT2D eigenvalue weighted by atomic mass is 15.2. The third kappa shape index (κ3) is 10.1. The Hall–Kier alpha value is -12.0. The van der Waals surface area contributed by atoms with Crippen LogP contribution in [-0.4, -0.2) is 6.04 Å². The Bertz CT molecular complexity index is 5480. The highest BCUT2D eigenvalue weighted by Crippen LogP contribution is 2.47. The first-order valence-corrected chi connectivity index (χ1v) is 32.8. The number of hydrogen-bond donors (Lipinski definition) is 0. The Balaban J connectivity index is 0.954. The van der Waals surface area contributed by atoms with Crippen molar-refractivity contribution in [3.05, 3.63) is 362 Å². The Morgan fingerprint density at radius 1 is 0.266 bits per heavy atom. The van der Waals surface area contributed by atoms with Crippen LogP contribution >= 0.6 is 0 Å². The molecule has 0 radical (unpaired) electrons. The summed E-state index contributed by atoms with van der Waals surface area (Å²) in [6.45, 7) is 0. The molecule has 0 aromatic heterocycles. The average Bonchev–Trinajstić information content (AvgIpc) is 0.733. The monoisotopic (exact) mass is 1200 g/mol. The number of anilines is 10. The van der Waals surface area contributed by atoms with Gasteiger partial charge in [0, 0.05) is 62.0 Å². The lowest BCUT2D eigenvalue weighted by Gasteiger charge is -2.35. The molecule has 0 saturated heterocycles. The summed E-state index contributed by atoms with van der Waals surface area (Å²) in [6, 6.07) is 121. The van der Waals surface area contributed by atoms with Crippen molar-refractivity contribution < 1.29 is 0 Å². The molecule has 0 amide bonds. The lowest BCUT2D eigenvalue weighted by molar-refractivity contribution is 0.841. The number of benzene rings is 15. The van der Waals surface area contributed by atoms with Crippen molar-refractivity contribution in [3.8, 4) is 22.3 Å². The number of allylic oxidation sites excluding steroid dienone is 3. The highest BCUT2D eigenvalue weighted by molar-refractivity contribution is 6.16. The first kappa shape index (κ1) is 56.0. The van der Waals surface area contributed by atoms with Gasteiger partial charge in [0.2, 0.25) is 0 Å². The maximum Gasteiger partial charge on any atom is 0.0566 e. The molecule has 0 N–H and O–H groups in total. The van der Waals surface area contributed by atoms with Crippen LogP contribution in [0, 0.1) is 0 Å². The van der Waals surface area contributed by atoms with E-state index in [1.54, 1.807) is 0 Å². The first-order chi connectivity index (χ1) is 46.7. The molecule has 4 heteroatoms. The fraction of sp³-hybridized carbons (Fsp3) is 0.0444. The summed E-state index contributed by atoms with van der Waals surface area (Å²) in [6.07, 6.45) is 14.9. The predicted molar refractivity (Wildman–Crippen MR) is 401 cm³/mol. The molecular weight excluding hydrogens is 1140 g/mol. The summed E-state index contributed by atoms with van der Waals surface area (Å²) in [5, 5.41) is 14.6. The van der Waals surface area contributed by atoms with Crippen LogP contribution < -0.4 is 30.0 Å². The van der Waals surface area contributed by atoms with Crippen molar-refractivity contribution in [2.45, 2.75) is 25.3 Å². The van der Waals surface area contributed by atoms with Gasteiger partial charge in [-0.1, -0.05) is 243 Å². The van der Waals surface area contributed by atoms with Gasteiger partial charge in [-0.25, -0.2) is 0 Å². The number of hydrogen-bond acceptors (Lipinski definition) is 4. The molecule has 17 rings (SSSR count). The zero-order chi connectivity index (χ0) is 62.3. The molecule has 0 saturated carbocycles. The molecule has 0 bridgehead atoms. The van der Waals surface area contributed by atoms with Gasteiger partial charge in [0.1, 0.15) is 0 Å². The van der Waals surface area contributed by atoms with Gasteiger partial charge in [0.05, 0.1) is 17.4 Å². The van der Waals surface area contributed by atoms with Gasteiger partial charge < -0.3 is 19.6 Å². The molecule has 94 heavy (non-hydrogen) atoms. The number of nitrogens with zero attached hydrogens (tertiary/aromatic N) is 4. The second-order valence-electron chi connectivity index (χ2n) is 24.6. The van der Waals surface area contributed by atoms with Gasteiger partial charge in [0.15, 0.2) is 0 Å². The molecular formula is C90H66N4. The third-order valence-corrected chi connectivity index (χ3v) is 19.0. The molecule has 4 nitrogen and oxygen atoms in total. The fourth-order valence-corrected chi connectivity index (χ4v) is 14.8. The van der Waals surface area contributed by atoms with E-state index in [4.69, 9.17) is 0 Å². The summed E-state index contributed by atoms with van der Waals surface area (Å²) in [7, 11) is 0. The minimum atomic E-state index is -0.0814. The molecule has 15 aromatic carbocycles. The maximum atomic E-state index is 2.61. The molecule has 2 aliphatic carbocycles. The molecule has 0 fully saturated rings. The number of para-hydroxylation sites is 5. The number of fused-ring (bicyclic) bond motifs is 8. The van der Waals surface area contributed by atoms with Crippen LogP contribution in [0.3, 0.4) is 0 Å².